The third-order valence-corrected chi connectivity index (χ3v) is 4.17. The van der Waals surface area contributed by atoms with Gasteiger partial charge in [0.1, 0.15) is 5.72 Å². The second-order valence-corrected chi connectivity index (χ2v) is 6.55. The Morgan fingerprint density at radius 1 is 1.26 bits per heavy atom. The van der Waals surface area contributed by atoms with Crippen molar-refractivity contribution < 1.29 is 9.53 Å². The molecule has 2 fully saturated rings. The predicted octanol–water partition coefficient (Wildman–Crippen LogP) is 2.60. The molecule has 2 aliphatic rings. The number of amides is 1. The second-order valence-electron chi connectivity index (χ2n) is 6.55. The van der Waals surface area contributed by atoms with E-state index in [1.165, 1.54) is 5.56 Å². The summed E-state index contributed by atoms with van der Waals surface area (Å²) in [5.41, 5.74) is 0.604. The summed E-state index contributed by atoms with van der Waals surface area (Å²) in [5, 5.41) is 0. The molecule has 2 aliphatic heterocycles. The maximum Gasteiger partial charge on any atom is 0.228 e. The number of fused-ring (bicyclic) bond motifs is 1. The van der Waals surface area contributed by atoms with Gasteiger partial charge in [-0.25, -0.2) is 0 Å². The molecular formula is C16H21NO2. The number of ether oxygens (including phenoxy) is 1. The highest BCUT2D eigenvalue weighted by atomic mass is 16.6. The van der Waals surface area contributed by atoms with Gasteiger partial charge in [0, 0.05) is 12.3 Å². The summed E-state index contributed by atoms with van der Waals surface area (Å²) in [7, 11) is 0. The van der Waals surface area contributed by atoms with Crippen molar-refractivity contribution in [1.29, 1.82) is 0 Å². The average Bonchev–Trinajstić information content (AvgIpc) is 2.69. The van der Waals surface area contributed by atoms with E-state index in [0.717, 1.165) is 12.8 Å². The van der Waals surface area contributed by atoms with Gasteiger partial charge in [-0.1, -0.05) is 30.3 Å². The van der Waals surface area contributed by atoms with Crippen molar-refractivity contribution in [3.63, 3.8) is 0 Å². The molecule has 2 heterocycles. The van der Waals surface area contributed by atoms with Crippen LogP contribution >= 0.6 is 0 Å². The molecule has 0 aliphatic carbocycles. The number of nitrogens with zero attached hydrogens (tertiary/aromatic N) is 1. The van der Waals surface area contributed by atoms with Crippen molar-refractivity contribution in [2.45, 2.75) is 44.9 Å². The van der Waals surface area contributed by atoms with Crippen LogP contribution in [-0.2, 0) is 16.0 Å². The van der Waals surface area contributed by atoms with Gasteiger partial charge in [-0.15, -0.1) is 0 Å². The van der Waals surface area contributed by atoms with Crippen LogP contribution in [0.2, 0.25) is 0 Å². The summed E-state index contributed by atoms with van der Waals surface area (Å²) < 4.78 is 6.10. The molecule has 0 spiro atoms. The van der Waals surface area contributed by atoms with Gasteiger partial charge in [0.25, 0.3) is 0 Å². The lowest BCUT2D eigenvalue weighted by Gasteiger charge is -2.26. The van der Waals surface area contributed by atoms with E-state index in [1.807, 2.05) is 30.0 Å². The molecule has 1 aromatic carbocycles. The summed E-state index contributed by atoms with van der Waals surface area (Å²) in [6.45, 7) is 6.85. The van der Waals surface area contributed by atoms with Gasteiger partial charge in [0.05, 0.1) is 12.1 Å². The Hall–Kier alpha value is -1.35. The Bertz CT molecular complexity index is 497. The molecule has 3 nitrogen and oxygen atoms in total. The molecule has 1 amide bonds. The summed E-state index contributed by atoms with van der Waals surface area (Å²) >= 11 is 0. The van der Waals surface area contributed by atoms with E-state index in [1.54, 1.807) is 0 Å². The Labute approximate surface area is 114 Å². The zero-order valence-electron chi connectivity index (χ0n) is 11.8. The van der Waals surface area contributed by atoms with Crippen LogP contribution in [0.25, 0.3) is 0 Å². The van der Waals surface area contributed by atoms with Gasteiger partial charge in [0.2, 0.25) is 5.91 Å². The molecule has 0 bridgehead atoms. The fourth-order valence-electron chi connectivity index (χ4n) is 3.52. The quantitative estimate of drug-likeness (QED) is 0.817. The summed E-state index contributed by atoms with van der Waals surface area (Å²) in [6, 6.07) is 10.2. The Morgan fingerprint density at radius 2 is 1.95 bits per heavy atom. The maximum atomic E-state index is 12.5. The fourth-order valence-corrected chi connectivity index (χ4v) is 3.52. The van der Waals surface area contributed by atoms with Gasteiger partial charge >= 0.3 is 0 Å². The Morgan fingerprint density at radius 3 is 2.58 bits per heavy atom. The van der Waals surface area contributed by atoms with Gasteiger partial charge in [-0.3, -0.25) is 4.79 Å². The normalized spacial score (nSPS) is 32.7. The summed E-state index contributed by atoms with van der Waals surface area (Å²) in [4.78, 5) is 14.5. The monoisotopic (exact) mass is 259 g/mol. The van der Waals surface area contributed by atoms with Gasteiger partial charge in [0.15, 0.2) is 0 Å². The van der Waals surface area contributed by atoms with E-state index in [4.69, 9.17) is 4.74 Å². The first kappa shape index (κ1) is 12.7. The maximum absolute atomic E-state index is 12.5. The van der Waals surface area contributed by atoms with Gasteiger partial charge in [-0.2, -0.15) is 0 Å². The number of hydrogen-bond acceptors (Lipinski definition) is 2. The molecule has 0 saturated carbocycles. The third-order valence-electron chi connectivity index (χ3n) is 4.17. The molecule has 2 saturated heterocycles. The zero-order valence-corrected chi connectivity index (χ0v) is 11.8. The van der Waals surface area contributed by atoms with Crippen LogP contribution in [-0.4, -0.2) is 28.7 Å². The number of rotatable bonds is 2. The van der Waals surface area contributed by atoms with Crippen LogP contribution in [0.5, 0.6) is 0 Å². The van der Waals surface area contributed by atoms with Crippen molar-refractivity contribution in [2.75, 3.05) is 6.54 Å². The van der Waals surface area contributed by atoms with E-state index in [2.05, 4.69) is 26.0 Å². The first-order valence-electron chi connectivity index (χ1n) is 6.95. The molecule has 0 radical (unpaired) electrons. The van der Waals surface area contributed by atoms with E-state index in [-0.39, 0.29) is 17.4 Å². The van der Waals surface area contributed by atoms with Crippen LogP contribution in [0.1, 0.15) is 32.8 Å². The van der Waals surface area contributed by atoms with Gasteiger partial charge < -0.3 is 9.64 Å². The zero-order chi connectivity index (χ0) is 13.7. The van der Waals surface area contributed by atoms with Crippen LogP contribution in [0, 0.1) is 5.92 Å². The molecule has 1 unspecified atom stereocenters. The topological polar surface area (TPSA) is 29.5 Å². The van der Waals surface area contributed by atoms with Crippen LogP contribution in [0.15, 0.2) is 30.3 Å². The highest BCUT2D eigenvalue weighted by Crippen LogP contribution is 2.44. The first-order valence-corrected chi connectivity index (χ1v) is 6.95. The molecule has 3 rings (SSSR count). The highest BCUT2D eigenvalue weighted by molar-refractivity contribution is 5.82. The van der Waals surface area contributed by atoms with E-state index >= 15 is 0 Å². The van der Waals surface area contributed by atoms with Crippen molar-refractivity contribution in [2.24, 2.45) is 5.92 Å². The van der Waals surface area contributed by atoms with Crippen LogP contribution in [0.3, 0.4) is 0 Å². The number of carbonyl (C=O) groups excluding carboxylic acids is 1. The largest absolute Gasteiger partial charge is 0.348 e. The number of carbonyl (C=O) groups is 1. The smallest absolute Gasteiger partial charge is 0.228 e. The molecule has 0 aromatic heterocycles. The fraction of sp³-hybridized carbons (Fsp3) is 0.562. The number of hydrogen-bond donors (Lipinski definition) is 0. The minimum absolute atomic E-state index is 0.0588. The van der Waals surface area contributed by atoms with E-state index in [0.29, 0.717) is 6.54 Å². The standard InChI is InChI=1S/C16H21NO2/c1-15(2)11-17-14(18)13(10-16(17,3)19-15)9-12-7-5-4-6-8-12/h4-8,13H,9-11H2,1-3H3/t13?,16-/m1/s1. The van der Waals surface area contributed by atoms with E-state index in [9.17, 15) is 4.79 Å². The highest BCUT2D eigenvalue weighted by Gasteiger charge is 2.56. The van der Waals surface area contributed by atoms with E-state index < -0.39 is 5.72 Å². The molecule has 1 aromatic rings. The summed E-state index contributed by atoms with van der Waals surface area (Å²) in [6.07, 6.45) is 1.61. The lowest BCUT2D eigenvalue weighted by molar-refractivity contribution is -0.139. The SMILES string of the molecule is CC1(C)CN2C(=O)C(Cc3ccccc3)C[C@@]2(C)O1. The average molecular weight is 259 g/mol. The Balaban J connectivity index is 1.77. The minimum atomic E-state index is -0.403. The van der Waals surface area contributed by atoms with Crippen molar-refractivity contribution in [1.82, 2.24) is 4.90 Å². The Kier molecular flexibility index (Phi) is 2.72. The predicted molar refractivity (Wildman–Crippen MR) is 73.5 cm³/mol. The van der Waals surface area contributed by atoms with Crippen molar-refractivity contribution in [3.05, 3.63) is 35.9 Å². The lowest BCUT2D eigenvalue weighted by Crippen LogP contribution is -2.38. The molecule has 102 valence electrons. The second kappa shape index (κ2) is 4.07. The van der Waals surface area contributed by atoms with Crippen molar-refractivity contribution in [3.8, 4) is 0 Å². The number of benzene rings is 1. The molecule has 19 heavy (non-hydrogen) atoms. The molecule has 2 atom stereocenters. The molecular weight excluding hydrogens is 238 g/mol. The summed E-state index contributed by atoms with van der Waals surface area (Å²) in [5.74, 6) is 0.306. The van der Waals surface area contributed by atoms with Crippen LogP contribution < -0.4 is 0 Å². The van der Waals surface area contributed by atoms with Crippen molar-refractivity contribution >= 4 is 5.91 Å². The lowest BCUT2D eigenvalue weighted by atomic mass is 9.95. The minimum Gasteiger partial charge on any atom is -0.348 e. The van der Waals surface area contributed by atoms with Crippen LogP contribution in [0.4, 0.5) is 0 Å². The first-order chi connectivity index (χ1) is 8.90. The molecule has 0 N–H and O–H groups in total. The third kappa shape index (κ3) is 2.16. The molecule has 3 heteroatoms. The van der Waals surface area contributed by atoms with Gasteiger partial charge in [-0.05, 0) is 32.8 Å².